The molecule has 0 saturated carbocycles. The van der Waals surface area contributed by atoms with Crippen LogP contribution in [0.4, 0.5) is 5.95 Å². The van der Waals surface area contributed by atoms with Gasteiger partial charge in [0.1, 0.15) is 24.2 Å². The molecule has 2 aromatic carbocycles. The number of nitrogen functional groups attached to an aromatic ring is 1. The molecule has 0 amide bonds. The molecule has 0 radical (unpaired) electrons. The van der Waals surface area contributed by atoms with Crippen molar-refractivity contribution in [2.24, 2.45) is 7.05 Å². The van der Waals surface area contributed by atoms with Crippen molar-refractivity contribution in [3.8, 4) is 28.5 Å². The van der Waals surface area contributed by atoms with Gasteiger partial charge in [-0.3, -0.25) is 10.5 Å². The number of ether oxygens (including phenoxy) is 3. The summed E-state index contributed by atoms with van der Waals surface area (Å²) in [6.45, 7) is 0.314. The van der Waals surface area contributed by atoms with E-state index in [4.69, 9.17) is 19.9 Å². The van der Waals surface area contributed by atoms with Gasteiger partial charge in [-0.15, -0.1) is 0 Å². The van der Waals surface area contributed by atoms with Crippen molar-refractivity contribution < 1.29 is 23.6 Å². The van der Waals surface area contributed by atoms with Crippen molar-refractivity contribution in [1.82, 2.24) is 4.57 Å². The molecular formula is C20H20N3O4+. The van der Waals surface area contributed by atoms with Gasteiger partial charge in [0.2, 0.25) is 6.79 Å². The molecule has 7 nitrogen and oxygen atoms in total. The molecule has 0 aliphatic carbocycles. The van der Waals surface area contributed by atoms with Gasteiger partial charge in [0.25, 0.3) is 0 Å². The van der Waals surface area contributed by atoms with Crippen LogP contribution in [0.2, 0.25) is 0 Å². The quantitative estimate of drug-likeness (QED) is 0.553. The molecule has 27 heavy (non-hydrogen) atoms. The van der Waals surface area contributed by atoms with Crippen molar-refractivity contribution in [2.75, 3.05) is 19.6 Å². The van der Waals surface area contributed by atoms with Gasteiger partial charge in [-0.1, -0.05) is 0 Å². The Kier molecular flexibility index (Phi) is 4.19. The second-order valence-corrected chi connectivity index (χ2v) is 6.28. The summed E-state index contributed by atoms with van der Waals surface area (Å²) in [6.07, 6.45) is 1.88. The minimum Gasteiger partial charge on any atom is -0.497 e. The van der Waals surface area contributed by atoms with Gasteiger partial charge in [0, 0.05) is 11.1 Å². The van der Waals surface area contributed by atoms with Crippen LogP contribution in [0.15, 0.2) is 48.7 Å². The average Bonchev–Trinajstić information content (AvgIpc) is 3.27. The number of ketones is 1. The molecule has 1 aromatic heterocycles. The van der Waals surface area contributed by atoms with E-state index < -0.39 is 0 Å². The number of nitrogens with zero attached hydrogens (tertiary/aromatic N) is 2. The third-order valence-electron chi connectivity index (χ3n) is 4.67. The van der Waals surface area contributed by atoms with Crippen molar-refractivity contribution in [3.05, 3.63) is 54.2 Å². The van der Waals surface area contributed by atoms with Gasteiger partial charge in [0.15, 0.2) is 17.3 Å². The summed E-state index contributed by atoms with van der Waals surface area (Å²) in [6, 6.07) is 12.9. The van der Waals surface area contributed by atoms with Gasteiger partial charge < -0.3 is 14.2 Å². The fraction of sp³-hybridized carbons (Fsp3) is 0.200. The summed E-state index contributed by atoms with van der Waals surface area (Å²) < 4.78 is 19.4. The number of rotatable bonds is 5. The number of Topliss-reactive ketones (excluding diaryl/α,β-unsaturated/α-hetero) is 1. The lowest BCUT2D eigenvalue weighted by atomic mass is 10.1. The van der Waals surface area contributed by atoms with Gasteiger partial charge in [-0.2, -0.15) is 0 Å². The average molecular weight is 366 g/mol. The topological polar surface area (TPSA) is 79.6 Å². The normalized spacial score (nSPS) is 12.2. The van der Waals surface area contributed by atoms with E-state index in [2.05, 4.69) is 0 Å². The second kappa shape index (κ2) is 6.68. The van der Waals surface area contributed by atoms with Crippen LogP contribution in [0, 0.1) is 0 Å². The van der Waals surface area contributed by atoms with E-state index in [-0.39, 0.29) is 19.1 Å². The predicted molar refractivity (Wildman–Crippen MR) is 98.9 cm³/mol. The van der Waals surface area contributed by atoms with Crippen LogP contribution in [0.5, 0.6) is 17.2 Å². The highest BCUT2D eigenvalue weighted by molar-refractivity contribution is 5.95. The number of nitrogens with two attached hydrogens (primary N) is 1. The summed E-state index contributed by atoms with van der Waals surface area (Å²) in [7, 11) is 3.50. The molecule has 0 spiro atoms. The zero-order chi connectivity index (χ0) is 19.0. The Morgan fingerprint density at radius 3 is 2.67 bits per heavy atom. The SMILES string of the molecule is COc1ccc(-c2c[n+](CC(=O)c3ccc4c(c3)OCO4)c(N)n2C)cc1. The standard InChI is InChI=1S/C20H19N3O4/c1-22-16(13-3-6-15(25-2)7-4-13)10-23(20(22)21)11-17(24)14-5-8-18-19(9-14)27-12-26-18/h3-10,21H,11-12H2,1-2H3/p+1. The number of aromatic nitrogens is 2. The summed E-state index contributed by atoms with van der Waals surface area (Å²) in [5, 5.41) is 0. The maximum Gasteiger partial charge on any atom is 0.355 e. The third kappa shape index (κ3) is 3.08. The number of benzene rings is 2. The summed E-state index contributed by atoms with van der Waals surface area (Å²) in [4.78, 5) is 12.7. The molecule has 1 aliphatic heterocycles. The molecule has 3 aromatic rings. The van der Waals surface area contributed by atoms with E-state index in [0.717, 1.165) is 17.0 Å². The second-order valence-electron chi connectivity index (χ2n) is 6.28. The lowest BCUT2D eigenvalue weighted by Gasteiger charge is -2.02. The molecule has 0 saturated heterocycles. The molecular weight excluding hydrogens is 346 g/mol. The molecule has 2 N–H and O–H groups in total. The maximum absolute atomic E-state index is 12.7. The van der Waals surface area contributed by atoms with Crippen LogP contribution in [-0.4, -0.2) is 24.3 Å². The largest absolute Gasteiger partial charge is 0.497 e. The van der Waals surface area contributed by atoms with Crippen LogP contribution >= 0.6 is 0 Å². The Labute approximate surface area is 156 Å². The molecule has 0 atom stereocenters. The number of hydrogen-bond acceptors (Lipinski definition) is 5. The number of fused-ring (bicyclic) bond motifs is 1. The van der Waals surface area contributed by atoms with Crippen molar-refractivity contribution in [2.45, 2.75) is 6.54 Å². The van der Waals surface area contributed by atoms with Crippen LogP contribution in [0.25, 0.3) is 11.3 Å². The third-order valence-corrected chi connectivity index (χ3v) is 4.67. The molecule has 2 heterocycles. The summed E-state index contributed by atoms with van der Waals surface area (Å²) >= 11 is 0. The van der Waals surface area contributed by atoms with Crippen LogP contribution in [-0.2, 0) is 13.6 Å². The highest BCUT2D eigenvalue weighted by atomic mass is 16.7. The van der Waals surface area contributed by atoms with Crippen molar-refractivity contribution >= 4 is 11.7 Å². The molecule has 0 unspecified atom stereocenters. The first-order valence-corrected chi connectivity index (χ1v) is 8.48. The highest BCUT2D eigenvalue weighted by Gasteiger charge is 2.22. The minimum absolute atomic E-state index is 0.0584. The molecule has 0 fully saturated rings. The number of anilines is 1. The van der Waals surface area contributed by atoms with Crippen LogP contribution in [0.3, 0.4) is 0 Å². The van der Waals surface area contributed by atoms with Crippen molar-refractivity contribution in [3.63, 3.8) is 0 Å². The van der Waals surface area contributed by atoms with E-state index in [1.54, 1.807) is 29.9 Å². The Morgan fingerprint density at radius 2 is 1.93 bits per heavy atom. The first-order chi connectivity index (χ1) is 13.1. The van der Waals surface area contributed by atoms with Gasteiger partial charge in [0.05, 0.1) is 14.2 Å². The van der Waals surface area contributed by atoms with E-state index in [9.17, 15) is 4.79 Å². The Hall–Kier alpha value is -3.48. The maximum atomic E-state index is 12.7. The lowest BCUT2D eigenvalue weighted by molar-refractivity contribution is -0.667. The lowest BCUT2D eigenvalue weighted by Crippen LogP contribution is -2.39. The number of carbonyl (C=O) groups excluding carboxylic acids is 1. The zero-order valence-corrected chi connectivity index (χ0v) is 15.1. The van der Waals surface area contributed by atoms with Gasteiger partial charge in [-0.25, -0.2) is 9.13 Å². The predicted octanol–water partition coefficient (Wildman–Crippen LogP) is 2.18. The molecule has 138 valence electrons. The first-order valence-electron chi connectivity index (χ1n) is 8.48. The fourth-order valence-corrected chi connectivity index (χ4v) is 3.09. The smallest absolute Gasteiger partial charge is 0.355 e. The van der Waals surface area contributed by atoms with Crippen molar-refractivity contribution in [1.29, 1.82) is 0 Å². The molecule has 4 rings (SSSR count). The summed E-state index contributed by atoms with van der Waals surface area (Å²) in [5.41, 5.74) is 8.67. The van der Waals surface area contributed by atoms with E-state index in [0.29, 0.717) is 23.0 Å². The Bertz CT molecular complexity index is 1010. The zero-order valence-electron chi connectivity index (χ0n) is 15.1. The Morgan fingerprint density at radius 1 is 1.19 bits per heavy atom. The highest BCUT2D eigenvalue weighted by Crippen LogP contribution is 2.32. The number of hydrogen-bond donors (Lipinski definition) is 1. The first kappa shape index (κ1) is 17.0. The number of methoxy groups -OCH3 is 1. The molecule has 7 heteroatoms. The Balaban J connectivity index is 1.59. The van der Waals surface area contributed by atoms with E-state index in [1.807, 2.05) is 42.1 Å². The monoisotopic (exact) mass is 366 g/mol. The molecule has 1 aliphatic rings. The number of carbonyl (C=O) groups is 1. The van der Waals surface area contributed by atoms with Crippen LogP contribution in [0.1, 0.15) is 10.4 Å². The number of imidazole rings is 1. The fourth-order valence-electron chi connectivity index (χ4n) is 3.09. The summed E-state index contributed by atoms with van der Waals surface area (Å²) in [5.74, 6) is 2.46. The van der Waals surface area contributed by atoms with Gasteiger partial charge in [-0.05, 0) is 42.5 Å². The minimum atomic E-state index is -0.0584. The van der Waals surface area contributed by atoms with Crippen LogP contribution < -0.4 is 24.5 Å². The van der Waals surface area contributed by atoms with Gasteiger partial charge >= 0.3 is 5.95 Å². The van der Waals surface area contributed by atoms with E-state index in [1.165, 1.54) is 0 Å². The van der Waals surface area contributed by atoms with E-state index >= 15 is 0 Å². The molecule has 0 bridgehead atoms.